The highest BCUT2D eigenvalue weighted by atomic mass is 127. The van der Waals surface area contributed by atoms with Crippen LogP contribution in [0.25, 0.3) is 0 Å². The van der Waals surface area contributed by atoms with Crippen molar-refractivity contribution in [3.05, 3.63) is 46.2 Å². The third kappa shape index (κ3) is 6.54. The first-order valence-corrected chi connectivity index (χ1v) is 9.38. The quantitative estimate of drug-likeness (QED) is 0.292. The molecule has 0 radical (unpaired) electrons. The molecule has 1 aromatic heterocycles. The van der Waals surface area contributed by atoms with E-state index in [4.69, 9.17) is 9.47 Å². The van der Waals surface area contributed by atoms with Crippen LogP contribution in [0, 0.1) is 0 Å². The summed E-state index contributed by atoms with van der Waals surface area (Å²) in [6.07, 6.45) is 0. The van der Waals surface area contributed by atoms with E-state index in [2.05, 4.69) is 15.6 Å². The Labute approximate surface area is 182 Å². The molecule has 0 amide bonds. The van der Waals surface area contributed by atoms with E-state index in [0.717, 1.165) is 17.0 Å². The minimum absolute atomic E-state index is 0. The van der Waals surface area contributed by atoms with Gasteiger partial charge in [0.2, 0.25) is 0 Å². The lowest BCUT2D eigenvalue weighted by atomic mass is 10.1. The summed E-state index contributed by atoms with van der Waals surface area (Å²) in [4.78, 5) is 5.52. The fourth-order valence-corrected chi connectivity index (χ4v) is 3.30. The number of aliphatic imine (C=N–C) groups is 1. The van der Waals surface area contributed by atoms with Gasteiger partial charge in [-0.2, -0.15) is 0 Å². The second-order valence-electron chi connectivity index (χ2n) is 5.95. The van der Waals surface area contributed by atoms with Crippen molar-refractivity contribution >= 4 is 41.3 Å². The van der Waals surface area contributed by atoms with Crippen LogP contribution in [-0.4, -0.2) is 38.4 Å². The van der Waals surface area contributed by atoms with Crippen molar-refractivity contribution in [1.29, 1.82) is 0 Å². The second kappa shape index (κ2) is 11.4. The molecule has 3 N–H and O–H groups in total. The van der Waals surface area contributed by atoms with Gasteiger partial charge in [0.15, 0.2) is 17.5 Å². The molecule has 2 aromatic rings. The third-order valence-corrected chi connectivity index (χ3v) is 5.01. The number of nitrogens with zero attached hydrogens (tertiary/aromatic N) is 1. The Kier molecular flexibility index (Phi) is 9.89. The van der Waals surface area contributed by atoms with Gasteiger partial charge in [0, 0.05) is 17.0 Å². The third-order valence-electron chi connectivity index (χ3n) is 3.89. The average Bonchev–Trinajstić information content (AvgIpc) is 3.19. The Morgan fingerprint density at radius 3 is 2.56 bits per heavy atom. The molecule has 1 atom stereocenters. The number of hydrogen-bond donors (Lipinski definition) is 3. The highest BCUT2D eigenvalue weighted by Crippen LogP contribution is 2.31. The number of nitrogens with one attached hydrogen (secondary N) is 2. The van der Waals surface area contributed by atoms with Crippen LogP contribution in [0.3, 0.4) is 0 Å². The van der Waals surface area contributed by atoms with Gasteiger partial charge in [0.1, 0.15) is 5.60 Å². The fraction of sp³-hybridized carbons (Fsp3) is 0.421. The van der Waals surface area contributed by atoms with Crippen LogP contribution in [0.15, 0.2) is 40.7 Å². The van der Waals surface area contributed by atoms with Gasteiger partial charge >= 0.3 is 0 Å². The molecule has 0 aliphatic rings. The summed E-state index contributed by atoms with van der Waals surface area (Å²) >= 11 is 1.53. The number of hydrogen-bond acceptors (Lipinski definition) is 5. The molecule has 0 bridgehead atoms. The van der Waals surface area contributed by atoms with Crippen LogP contribution in [0.5, 0.6) is 11.5 Å². The number of benzene rings is 1. The zero-order valence-electron chi connectivity index (χ0n) is 16.1. The minimum atomic E-state index is -0.960. The van der Waals surface area contributed by atoms with Gasteiger partial charge in [0.25, 0.3) is 0 Å². The van der Waals surface area contributed by atoms with Crippen molar-refractivity contribution in [1.82, 2.24) is 10.6 Å². The van der Waals surface area contributed by atoms with Crippen molar-refractivity contribution in [3.63, 3.8) is 0 Å². The lowest BCUT2D eigenvalue weighted by Gasteiger charge is -2.23. The van der Waals surface area contributed by atoms with Gasteiger partial charge in [0.05, 0.1) is 27.3 Å². The highest BCUT2D eigenvalue weighted by molar-refractivity contribution is 14.0. The van der Waals surface area contributed by atoms with E-state index in [1.54, 1.807) is 21.1 Å². The smallest absolute Gasteiger partial charge is 0.191 e. The van der Waals surface area contributed by atoms with Crippen LogP contribution in [0.4, 0.5) is 0 Å². The highest BCUT2D eigenvalue weighted by Gasteiger charge is 2.24. The van der Waals surface area contributed by atoms with Gasteiger partial charge in [-0.25, -0.2) is 4.99 Å². The topological polar surface area (TPSA) is 75.1 Å². The van der Waals surface area contributed by atoms with E-state index in [9.17, 15) is 5.11 Å². The number of ether oxygens (including phenoxy) is 2. The summed E-state index contributed by atoms with van der Waals surface area (Å²) in [5, 5.41) is 19.0. The number of halogens is 1. The summed E-state index contributed by atoms with van der Waals surface area (Å²) < 4.78 is 10.8. The monoisotopic (exact) mass is 505 g/mol. The summed E-state index contributed by atoms with van der Waals surface area (Å²) in [6.45, 7) is 5.30. The number of para-hydroxylation sites is 1. The lowest BCUT2D eigenvalue weighted by Crippen LogP contribution is -2.44. The van der Waals surface area contributed by atoms with Gasteiger partial charge in [-0.15, -0.1) is 35.3 Å². The molecule has 2 rings (SSSR count). The molecule has 1 aromatic carbocycles. The Morgan fingerprint density at radius 1 is 1.19 bits per heavy atom. The molecule has 150 valence electrons. The van der Waals surface area contributed by atoms with Crippen molar-refractivity contribution in [2.45, 2.75) is 26.0 Å². The molecule has 6 nitrogen and oxygen atoms in total. The zero-order chi connectivity index (χ0) is 19.0. The van der Waals surface area contributed by atoms with Crippen LogP contribution in [0.1, 0.15) is 24.3 Å². The predicted molar refractivity (Wildman–Crippen MR) is 122 cm³/mol. The van der Waals surface area contributed by atoms with Gasteiger partial charge in [-0.3, -0.25) is 0 Å². The van der Waals surface area contributed by atoms with E-state index >= 15 is 0 Å². The van der Waals surface area contributed by atoms with E-state index in [-0.39, 0.29) is 24.0 Å². The largest absolute Gasteiger partial charge is 0.493 e. The van der Waals surface area contributed by atoms with Crippen LogP contribution < -0.4 is 20.1 Å². The Bertz CT molecular complexity index is 721. The normalized spacial score (nSPS) is 13.3. The van der Waals surface area contributed by atoms with Crippen molar-refractivity contribution in [2.75, 3.05) is 27.3 Å². The summed E-state index contributed by atoms with van der Waals surface area (Å²) in [7, 11) is 3.23. The van der Waals surface area contributed by atoms with Gasteiger partial charge in [-0.05, 0) is 31.4 Å². The number of guanidine groups is 1. The van der Waals surface area contributed by atoms with Crippen LogP contribution in [0.2, 0.25) is 0 Å². The Balaban J connectivity index is 0.00000364. The molecule has 1 heterocycles. The van der Waals surface area contributed by atoms with Crippen molar-refractivity contribution in [3.8, 4) is 11.5 Å². The average molecular weight is 505 g/mol. The summed E-state index contributed by atoms with van der Waals surface area (Å²) in [5.74, 6) is 1.99. The molecule has 0 saturated carbocycles. The minimum Gasteiger partial charge on any atom is -0.493 e. The standard InChI is InChI=1S/C19H27N3O3S.HI/c1-5-20-18(22-13-19(2,23)16-10-7-11-26-16)21-12-14-8-6-9-15(24-3)17(14)25-4;/h6-11,23H,5,12-13H2,1-4H3,(H2,20,21,22);1H. The maximum atomic E-state index is 10.7. The maximum Gasteiger partial charge on any atom is 0.191 e. The molecule has 0 fully saturated rings. The maximum absolute atomic E-state index is 10.7. The molecule has 0 aliphatic carbocycles. The van der Waals surface area contributed by atoms with Crippen molar-refractivity contribution < 1.29 is 14.6 Å². The molecule has 1 unspecified atom stereocenters. The van der Waals surface area contributed by atoms with Crippen LogP contribution in [-0.2, 0) is 12.1 Å². The number of rotatable bonds is 8. The lowest BCUT2D eigenvalue weighted by molar-refractivity contribution is 0.0655. The van der Waals surface area contributed by atoms with Crippen molar-refractivity contribution in [2.24, 2.45) is 4.99 Å². The molecule has 27 heavy (non-hydrogen) atoms. The first kappa shape index (κ1) is 23.5. The predicted octanol–water partition coefficient (Wildman–Crippen LogP) is 3.35. The number of thiophene rings is 1. The number of methoxy groups -OCH3 is 2. The van der Waals surface area contributed by atoms with E-state index in [1.165, 1.54) is 11.3 Å². The SMILES string of the molecule is CCNC(=NCc1cccc(OC)c1OC)NCC(C)(O)c1cccs1.I. The molecule has 0 saturated heterocycles. The molecular weight excluding hydrogens is 477 g/mol. The Morgan fingerprint density at radius 2 is 1.96 bits per heavy atom. The van der Waals surface area contributed by atoms with E-state index in [1.807, 2.05) is 42.6 Å². The van der Waals surface area contributed by atoms with Crippen LogP contribution >= 0.6 is 35.3 Å². The number of aliphatic hydroxyl groups is 1. The molecule has 0 spiro atoms. The van der Waals surface area contributed by atoms with Gasteiger partial charge in [-0.1, -0.05) is 18.2 Å². The Hall–Kier alpha value is -1.52. The first-order chi connectivity index (χ1) is 12.5. The molecule has 0 aliphatic heterocycles. The van der Waals surface area contributed by atoms with E-state index < -0.39 is 5.60 Å². The van der Waals surface area contributed by atoms with Gasteiger partial charge < -0.3 is 25.2 Å². The second-order valence-corrected chi connectivity index (χ2v) is 6.90. The molecular formula is C19H28IN3O3S. The summed E-state index contributed by atoms with van der Waals surface area (Å²) in [5.41, 5.74) is -0.0352. The first-order valence-electron chi connectivity index (χ1n) is 8.50. The zero-order valence-corrected chi connectivity index (χ0v) is 19.3. The fourth-order valence-electron chi connectivity index (χ4n) is 2.51. The van der Waals surface area contributed by atoms with E-state index in [0.29, 0.717) is 30.5 Å². The summed E-state index contributed by atoms with van der Waals surface area (Å²) in [6, 6.07) is 9.58. The molecule has 8 heteroatoms.